The van der Waals surface area contributed by atoms with Gasteiger partial charge in [-0.05, 0) is 37.2 Å². The van der Waals surface area contributed by atoms with E-state index < -0.39 is 0 Å². The molecule has 2 aromatic heterocycles. The van der Waals surface area contributed by atoms with Crippen LogP contribution in [0, 0.1) is 0 Å². The van der Waals surface area contributed by atoms with Crippen molar-refractivity contribution in [2.75, 3.05) is 7.05 Å². The summed E-state index contributed by atoms with van der Waals surface area (Å²) in [5, 5.41) is 3.35. The molecule has 0 saturated heterocycles. The molecular formula is C14H18N2O. The molecule has 2 aromatic rings. The second-order valence-electron chi connectivity index (χ2n) is 4.05. The van der Waals surface area contributed by atoms with E-state index in [4.69, 9.17) is 4.42 Å². The summed E-state index contributed by atoms with van der Waals surface area (Å²) >= 11 is 0. The van der Waals surface area contributed by atoms with Crippen molar-refractivity contribution in [3.8, 4) is 0 Å². The molecule has 0 aliphatic rings. The van der Waals surface area contributed by atoms with Gasteiger partial charge in [0.2, 0.25) is 0 Å². The first-order valence-electron chi connectivity index (χ1n) is 5.97. The fraction of sp³-hybridized carbons (Fsp3) is 0.357. The van der Waals surface area contributed by atoms with Crippen molar-refractivity contribution in [2.45, 2.75) is 25.8 Å². The molecular weight excluding hydrogens is 212 g/mol. The summed E-state index contributed by atoms with van der Waals surface area (Å²) in [5.74, 6) is 1.07. The van der Waals surface area contributed by atoms with E-state index in [1.54, 1.807) is 6.26 Å². The summed E-state index contributed by atoms with van der Waals surface area (Å²) < 4.78 is 5.48. The Morgan fingerprint density at radius 2 is 2.06 bits per heavy atom. The van der Waals surface area contributed by atoms with Gasteiger partial charge in [0.1, 0.15) is 5.76 Å². The lowest BCUT2D eigenvalue weighted by molar-refractivity contribution is 0.495. The highest BCUT2D eigenvalue weighted by Gasteiger charge is 2.15. The van der Waals surface area contributed by atoms with E-state index in [1.807, 2.05) is 19.4 Å². The Morgan fingerprint density at radius 3 is 2.71 bits per heavy atom. The van der Waals surface area contributed by atoms with Gasteiger partial charge in [-0.3, -0.25) is 4.98 Å². The molecule has 0 bridgehead atoms. The van der Waals surface area contributed by atoms with E-state index >= 15 is 0 Å². The number of aromatic nitrogens is 1. The summed E-state index contributed by atoms with van der Waals surface area (Å²) in [6, 6.07) is 6.46. The van der Waals surface area contributed by atoms with E-state index in [0.717, 1.165) is 18.6 Å². The van der Waals surface area contributed by atoms with Crippen LogP contribution in [0.4, 0.5) is 0 Å². The SMILES string of the molecule is CCc1occc1C(Cc1ccncc1)NC. The first-order valence-corrected chi connectivity index (χ1v) is 5.97. The molecule has 3 nitrogen and oxygen atoms in total. The maximum atomic E-state index is 5.48. The van der Waals surface area contributed by atoms with Gasteiger partial charge in [-0.25, -0.2) is 0 Å². The predicted molar refractivity (Wildman–Crippen MR) is 67.8 cm³/mol. The monoisotopic (exact) mass is 230 g/mol. The number of furan rings is 1. The molecule has 0 radical (unpaired) electrons. The number of hydrogen-bond acceptors (Lipinski definition) is 3. The molecule has 0 fully saturated rings. The molecule has 0 saturated carbocycles. The molecule has 3 heteroatoms. The average Bonchev–Trinajstić information content (AvgIpc) is 2.85. The maximum absolute atomic E-state index is 5.48. The molecule has 0 aromatic carbocycles. The molecule has 2 rings (SSSR count). The Hall–Kier alpha value is -1.61. The van der Waals surface area contributed by atoms with E-state index in [1.165, 1.54) is 11.1 Å². The molecule has 0 aliphatic carbocycles. The van der Waals surface area contributed by atoms with Gasteiger partial charge in [-0.1, -0.05) is 6.92 Å². The van der Waals surface area contributed by atoms with Crippen molar-refractivity contribution in [3.05, 3.63) is 53.7 Å². The van der Waals surface area contributed by atoms with Crippen molar-refractivity contribution < 1.29 is 4.42 Å². The third-order valence-corrected chi connectivity index (χ3v) is 3.01. The molecule has 17 heavy (non-hydrogen) atoms. The molecule has 2 heterocycles. The zero-order valence-electron chi connectivity index (χ0n) is 10.3. The van der Waals surface area contributed by atoms with Crippen LogP contribution in [0.3, 0.4) is 0 Å². The molecule has 90 valence electrons. The quantitative estimate of drug-likeness (QED) is 0.858. The van der Waals surface area contributed by atoms with E-state index in [0.29, 0.717) is 6.04 Å². The van der Waals surface area contributed by atoms with E-state index in [9.17, 15) is 0 Å². The van der Waals surface area contributed by atoms with Gasteiger partial charge in [-0.2, -0.15) is 0 Å². The summed E-state index contributed by atoms with van der Waals surface area (Å²) in [5.41, 5.74) is 2.54. The van der Waals surface area contributed by atoms with Crippen LogP contribution < -0.4 is 5.32 Å². The molecule has 1 unspecified atom stereocenters. The highest BCUT2D eigenvalue weighted by molar-refractivity contribution is 5.24. The van der Waals surface area contributed by atoms with Crippen LogP contribution in [-0.4, -0.2) is 12.0 Å². The minimum absolute atomic E-state index is 0.297. The first-order chi connectivity index (χ1) is 8.35. The Morgan fingerprint density at radius 1 is 1.29 bits per heavy atom. The number of pyridine rings is 1. The summed E-state index contributed by atoms with van der Waals surface area (Å²) in [4.78, 5) is 4.04. The highest BCUT2D eigenvalue weighted by Crippen LogP contribution is 2.23. The van der Waals surface area contributed by atoms with Crippen LogP contribution in [0.15, 0.2) is 41.3 Å². The number of nitrogens with zero attached hydrogens (tertiary/aromatic N) is 1. The van der Waals surface area contributed by atoms with Crippen LogP contribution in [-0.2, 0) is 12.8 Å². The minimum atomic E-state index is 0.297. The lowest BCUT2D eigenvalue weighted by Crippen LogP contribution is -2.19. The Labute approximate surface area is 102 Å². The maximum Gasteiger partial charge on any atom is 0.108 e. The smallest absolute Gasteiger partial charge is 0.108 e. The average molecular weight is 230 g/mol. The minimum Gasteiger partial charge on any atom is -0.469 e. The van der Waals surface area contributed by atoms with Gasteiger partial charge in [0.15, 0.2) is 0 Å². The van der Waals surface area contributed by atoms with E-state index in [2.05, 4.69) is 35.4 Å². The first kappa shape index (κ1) is 11.9. The standard InChI is InChI=1S/C14H18N2O/c1-3-14-12(6-9-17-14)13(15-2)10-11-4-7-16-8-5-11/h4-9,13,15H,3,10H2,1-2H3. The lowest BCUT2D eigenvalue weighted by atomic mass is 9.99. The predicted octanol–water partition coefficient (Wildman–Crippen LogP) is 2.74. The third-order valence-electron chi connectivity index (χ3n) is 3.01. The Kier molecular flexibility index (Phi) is 3.94. The van der Waals surface area contributed by atoms with Crippen molar-refractivity contribution >= 4 is 0 Å². The highest BCUT2D eigenvalue weighted by atomic mass is 16.3. The second-order valence-corrected chi connectivity index (χ2v) is 4.05. The van der Waals surface area contributed by atoms with E-state index in [-0.39, 0.29) is 0 Å². The zero-order valence-corrected chi connectivity index (χ0v) is 10.3. The second kappa shape index (κ2) is 5.64. The topological polar surface area (TPSA) is 38.1 Å². The third kappa shape index (κ3) is 2.74. The Bertz CT molecular complexity index is 450. The summed E-state index contributed by atoms with van der Waals surface area (Å²) in [6.45, 7) is 2.11. The van der Waals surface area contributed by atoms with Gasteiger partial charge < -0.3 is 9.73 Å². The number of hydrogen-bond donors (Lipinski definition) is 1. The number of nitrogens with one attached hydrogen (secondary N) is 1. The van der Waals surface area contributed by atoms with Crippen molar-refractivity contribution in [3.63, 3.8) is 0 Å². The van der Waals surface area contributed by atoms with Gasteiger partial charge in [0.05, 0.1) is 6.26 Å². The molecule has 0 spiro atoms. The van der Waals surface area contributed by atoms with Crippen LogP contribution in [0.5, 0.6) is 0 Å². The van der Waals surface area contributed by atoms with Gasteiger partial charge in [0.25, 0.3) is 0 Å². The van der Waals surface area contributed by atoms with Crippen molar-refractivity contribution in [1.29, 1.82) is 0 Å². The number of likely N-dealkylation sites (N-methyl/N-ethyl adjacent to an activating group) is 1. The molecule has 0 aliphatic heterocycles. The molecule has 1 atom stereocenters. The largest absolute Gasteiger partial charge is 0.469 e. The number of rotatable bonds is 5. The van der Waals surface area contributed by atoms with Crippen LogP contribution >= 0.6 is 0 Å². The van der Waals surface area contributed by atoms with Crippen molar-refractivity contribution in [2.24, 2.45) is 0 Å². The fourth-order valence-electron chi connectivity index (χ4n) is 2.07. The van der Waals surface area contributed by atoms with Crippen LogP contribution in [0.2, 0.25) is 0 Å². The van der Waals surface area contributed by atoms with Crippen molar-refractivity contribution in [1.82, 2.24) is 10.3 Å². The summed E-state index contributed by atoms with van der Waals surface area (Å²) in [7, 11) is 1.98. The van der Waals surface area contributed by atoms with Crippen LogP contribution in [0.1, 0.15) is 29.9 Å². The normalized spacial score (nSPS) is 12.6. The zero-order chi connectivity index (χ0) is 12.1. The van der Waals surface area contributed by atoms with Crippen LogP contribution in [0.25, 0.3) is 0 Å². The molecule has 1 N–H and O–H groups in total. The number of aryl methyl sites for hydroxylation is 1. The van der Waals surface area contributed by atoms with Gasteiger partial charge >= 0.3 is 0 Å². The van der Waals surface area contributed by atoms with Gasteiger partial charge in [-0.15, -0.1) is 0 Å². The fourth-order valence-corrected chi connectivity index (χ4v) is 2.07. The lowest BCUT2D eigenvalue weighted by Gasteiger charge is -2.16. The van der Waals surface area contributed by atoms with Gasteiger partial charge in [0, 0.05) is 30.4 Å². The Balaban J connectivity index is 2.17. The molecule has 0 amide bonds. The summed E-state index contributed by atoms with van der Waals surface area (Å²) in [6.07, 6.45) is 7.31.